The topological polar surface area (TPSA) is 86.7 Å². The number of ketones is 1. The van der Waals surface area contributed by atoms with E-state index >= 15 is 0 Å². The van der Waals surface area contributed by atoms with Gasteiger partial charge in [-0.2, -0.15) is 0 Å². The Balaban J connectivity index is 2.06. The molecule has 1 saturated heterocycles. The van der Waals surface area contributed by atoms with E-state index in [2.05, 4.69) is 10.2 Å². The summed E-state index contributed by atoms with van der Waals surface area (Å²) < 4.78 is 0. The Kier molecular flexibility index (Phi) is 5.82. The second-order valence-corrected chi connectivity index (χ2v) is 7.26. The van der Waals surface area contributed by atoms with E-state index < -0.39 is 17.4 Å². The summed E-state index contributed by atoms with van der Waals surface area (Å²) in [6, 6.07) is 7.06. The maximum absolute atomic E-state index is 12.4. The Labute approximate surface area is 148 Å². The van der Waals surface area contributed by atoms with Crippen molar-refractivity contribution in [2.24, 2.45) is 5.92 Å². The first-order valence-electron chi connectivity index (χ1n) is 8.64. The molecule has 0 aliphatic carbocycles. The van der Waals surface area contributed by atoms with Crippen LogP contribution in [0.4, 0.5) is 5.69 Å². The molecule has 1 amide bonds. The zero-order valence-corrected chi connectivity index (χ0v) is 15.0. The highest BCUT2D eigenvalue weighted by Crippen LogP contribution is 2.21. The maximum atomic E-state index is 12.4. The van der Waals surface area contributed by atoms with Crippen molar-refractivity contribution in [1.82, 2.24) is 5.32 Å². The van der Waals surface area contributed by atoms with Gasteiger partial charge in [-0.3, -0.25) is 9.59 Å². The van der Waals surface area contributed by atoms with E-state index in [1.165, 1.54) is 6.92 Å². The summed E-state index contributed by atoms with van der Waals surface area (Å²) in [5.41, 5.74) is 0.0947. The standard InChI is InChI=1S/C19H26N2O4/c1-13(2)12-19(3,18(24)25)20-17(23)14-4-6-15(7-5-14)21-10-8-16(22)9-11-21/h4-7,13H,8-12H2,1-3H3,(H,20,23)(H,24,25). The number of carbonyl (C=O) groups is 3. The molecule has 25 heavy (non-hydrogen) atoms. The van der Waals surface area contributed by atoms with Crippen LogP contribution in [-0.2, 0) is 9.59 Å². The van der Waals surface area contributed by atoms with E-state index in [0.717, 1.165) is 5.69 Å². The Morgan fingerprint density at radius 1 is 1.20 bits per heavy atom. The van der Waals surface area contributed by atoms with Crippen LogP contribution in [0.25, 0.3) is 0 Å². The Morgan fingerprint density at radius 2 is 1.76 bits per heavy atom. The first kappa shape index (κ1) is 19.0. The highest BCUT2D eigenvalue weighted by atomic mass is 16.4. The number of carboxylic acid groups (broad SMARTS) is 1. The summed E-state index contributed by atoms with van der Waals surface area (Å²) in [6.45, 7) is 6.76. The van der Waals surface area contributed by atoms with Crippen molar-refractivity contribution >= 4 is 23.3 Å². The molecule has 1 unspecified atom stereocenters. The molecule has 2 rings (SSSR count). The lowest BCUT2D eigenvalue weighted by molar-refractivity contribution is -0.144. The van der Waals surface area contributed by atoms with Crippen molar-refractivity contribution in [3.63, 3.8) is 0 Å². The van der Waals surface area contributed by atoms with Gasteiger partial charge in [0.25, 0.3) is 5.91 Å². The number of amides is 1. The molecule has 1 fully saturated rings. The molecule has 0 aromatic heterocycles. The van der Waals surface area contributed by atoms with Crippen molar-refractivity contribution in [2.45, 2.75) is 45.6 Å². The minimum Gasteiger partial charge on any atom is -0.480 e. The fourth-order valence-electron chi connectivity index (χ4n) is 3.17. The summed E-state index contributed by atoms with van der Waals surface area (Å²) in [5, 5.41) is 12.1. The molecule has 6 nitrogen and oxygen atoms in total. The van der Waals surface area contributed by atoms with Gasteiger partial charge in [0.15, 0.2) is 0 Å². The number of hydrogen-bond donors (Lipinski definition) is 2. The van der Waals surface area contributed by atoms with Crippen LogP contribution in [0.5, 0.6) is 0 Å². The Hall–Kier alpha value is -2.37. The van der Waals surface area contributed by atoms with Crippen molar-refractivity contribution in [3.8, 4) is 0 Å². The summed E-state index contributed by atoms with van der Waals surface area (Å²) in [5.74, 6) is -1.01. The third kappa shape index (κ3) is 4.81. The van der Waals surface area contributed by atoms with Crippen molar-refractivity contribution < 1.29 is 19.5 Å². The van der Waals surface area contributed by atoms with E-state index in [9.17, 15) is 19.5 Å². The second-order valence-electron chi connectivity index (χ2n) is 7.26. The molecule has 0 saturated carbocycles. The van der Waals surface area contributed by atoms with Crippen LogP contribution in [0.3, 0.4) is 0 Å². The van der Waals surface area contributed by atoms with E-state index in [-0.39, 0.29) is 11.7 Å². The highest BCUT2D eigenvalue weighted by molar-refractivity contribution is 5.98. The van der Waals surface area contributed by atoms with Gasteiger partial charge in [-0.05, 0) is 43.5 Å². The average molecular weight is 346 g/mol. The number of piperidine rings is 1. The number of carbonyl (C=O) groups excluding carboxylic acids is 2. The molecule has 0 radical (unpaired) electrons. The van der Waals surface area contributed by atoms with Crippen molar-refractivity contribution in [3.05, 3.63) is 29.8 Å². The lowest BCUT2D eigenvalue weighted by atomic mass is 9.90. The smallest absolute Gasteiger partial charge is 0.329 e. The van der Waals surface area contributed by atoms with Crippen LogP contribution in [0.15, 0.2) is 24.3 Å². The van der Waals surface area contributed by atoms with Gasteiger partial charge in [0.05, 0.1) is 0 Å². The molecule has 1 atom stereocenters. The zero-order chi connectivity index (χ0) is 18.6. The number of rotatable bonds is 6. The summed E-state index contributed by atoms with van der Waals surface area (Å²) >= 11 is 0. The third-order valence-electron chi connectivity index (χ3n) is 4.49. The molecule has 1 aliphatic heterocycles. The molecular weight excluding hydrogens is 320 g/mol. The molecule has 1 heterocycles. The molecule has 2 N–H and O–H groups in total. The highest BCUT2D eigenvalue weighted by Gasteiger charge is 2.35. The van der Waals surface area contributed by atoms with E-state index in [0.29, 0.717) is 37.9 Å². The Bertz CT molecular complexity index is 644. The van der Waals surface area contributed by atoms with Crippen LogP contribution in [0.2, 0.25) is 0 Å². The van der Waals surface area contributed by atoms with Crippen molar-refractivity contribution in [2.75, 3.05) is 18.0 Å². The fourth-order valence-corrected chi connectivity index (χ4v) is 3.17. The van der Waals surface area contributed by atoms with Gasteiger partial charge in [0.1, 0.15) is 11.3 Å². The van der Waals surface area contributed by atoms with Crippen LogP contribution < -0.4 is 10.2 Å². The fraction of sp³-hybridized carbons (Fsp3) is 0.526. The Morgan fingerprint density at radius 3 is 2.24 bits per heavy atom. The van der Waals surface area contributed by atoms with Gasteiger partial charge >= 0.3 is 5.97 Å². The van der Waals surface area contributed by atoms with Crippen LogP contribution in [0.1, 0.15) is 50.4 Å². The number of nitrogens with one attached hydrogen (secondary N) is 1. The first-order valence-corrected chi connectivity index (χ1v) is 8.64. The van der Waals surface area contributed by atoms with E-state index in [4.69, 9.17) is 0 Å². The van der Waals surface area contributed by atoms with Gasteiger partial charge in [0.2, 0.25) is 0 Å². The van der Waals surface area contributed by atoms with E-state index in [1.807, 2.05) is 26.0 Å². The largest absolute Gasteiger partial charge is 0.480 e. The zero-order valence-electron chi connectivity index (χ0n) is 15.0. The number of carboxylic acids is 1. The molecule has 1 aromatic rings. The third-order valence-corrected chi connectivity index (χ3v) is 4.49. The lowest BCUT2D eigenvalue weighted by Gasteiger charge is -2.29. The molecule has 136 valence electrons. The van der Waals surface area contributed by atoms with Crippen LogP contribution in [0, 0.1) is 5.92 Å². The predicted octanol–water partition coefficient (Wildman–Crippen LogP) is 2.48. The monoisotopic (exact) mass is 346 g/mol. The molecule has 1 aromatic carbocycles. The van der Waals surface area contributed by atoms with Gasteiger partial charge in [-0.25, -0.2) is 4.79 Å². The average Bonchev–Trinajstić information content (AvgIpc) is 2.54. The molecular formula is C19H26N2O4. The van der Waals surface area contributed by atoms with Crippen molar-refractivity contribution in [1.29, 1.82) is 0 Å². The van der Waals surface area contributed by atoms with Gasteiger partial charge < -0.3 is 15.3 Å². The summed E-state index contributed by atoms with van der Waals surface area (Å²) in [4.78, 5) is 37.4. The number of Topliss-reactive ketones (excluding diaryl/α,β-unsaturated/α-hetero) is 1. The number of benzene rings is 1. The molecule has 0 spiro atoms. The van der Waals surface area contributed by atoms with Crippen LogP contribution in [-0.4, -0.2) is 41.4 Å². The van der Waals surface area contributed by atoms with Gasteiger partial charge in [-0.15, -0.1) is 0 Å². The number of nitrogens with zero attached hydrogens (tertiary/aromatic N) is 1. The SMILES string of the molecule is CC(C)CC(C)(NC(=O)c1ccc(N2CCC(=O)CC2)cc1)C(=O)O. The number of aliphatic carboxylic acids is 1. The first-order chi connectivity index (χ1) is 11.7. The van der Waals surface area contributed by atoms with Gasteiger partial charge in [-0.1, -0.05) is 13.8 Å². The molecule has 6 heteroatoms. The normalized spacial score (nSPS) is 17.3. The number of anilines is 1. The predicted molar refractivity (Wildman–Crippen MR) is 95.9 cm³/mol. The van der Waals surface area contributed by atoms with Gasteiger partial charge in [0, 0.05) is 37.2 Å². The quantitative estimate of drug-likeness (QED) is 0.826. The number of hydrogen-bond acceptors (Lipinski definition) is 4. The maximum Gasteiger partial charge on any atom is 0.329 e. The summed E-state index contributed by atoms with van der Waals surface area (Å²) in [6.07, 6.45) is 1.46. The summed E-state index contributed by atoms with van der Waals surface area (Å²) in [7, 11) is 0. The lowest BCUT2D eigenvalue weighted by Crippen LogP contribution is -2.53. The minimum atomic E-state index is -1.29. The molecule has 0 bridgehead atoms. The molecule has 1 aliphatic rings. The van der Waals surface area contributed by atoms with E-state index in [1.54, 1.807) is 12.1 Å². The van der Waals surface area contributed by atoms with Crippen LogP contribution >= 0.6 is 0 Å². The second kappa shape index (κ2) is 7.68. The minimum absolute atomic E-state index is 0.144.